The molecule has 6 nitrogen and oxygen atoms in total. The Morgan fingerprint density at radius 2 is 2.30 bits per heavy atom. The van der Waals surface area contributed by atoms with Crippen molar-refractivity contribution >= 4 is 10.9 Å². The highest BCUT2D eigenvalue weighted by Gasteiger charge is 2.18. The number of benzene rings is 1. The fourth-order valence-electron chi connectivity index (χ4n) is 2.65. The fraction of sp³-hybridized carbons (Fsp3) is 0.500. The normalized spacial score (nSPS) is 19.6. The summed E-state index contributed by atoms with van der Waals surface area (Å²) in [6.45, 7) is 2.52. The molecule has 0 radical (unpaired) electrons. The molecule has 0 amide bonds. The largest absolute Gasteiger partial charge is 0.315 e. The quantitative estimate of drug-likeness (QED) is 0.879. The van der Waals surface area contributed by atoms with E-state index >= 15 is 0 Å². The van der Waals surface area contributed by atoms with E-state index in [4.69, 9.17) is 0 Å². The first kappa shape index (κ1) is 13.2. The van der Waals surface area contributed by atoms with E-state index in [0.717, 1.165) is 19.5 Å². The lowest BCUT2D eigenvalue weighted by Gasteiger charge is -2.31. The molecule has 1 fully saturated rings. The molecule has 1 atom stereocenters. The summed E-state index contributed by atoms with van der Waals surface area (Å²) in [7, 11) is 2.03. The summed E-state index contributed by atoms with van der Waals surface area (Å²) in [4.78, 5) is 14.5. The Balaban J connectivity index is 1.83. The number of fused-ring (bicyclic) bond motifs is 1. The van der Waals surface area contributed by atoms with Crippen LogP contribution in [0.25, 0.3) is 10.9 Å². The third kappa shape index (κ3) is 2.57. The predicted molar refractivity (Wildman–Crippen MR) is 77.5 cm³/mol. The third-order valence-electron chi connectivity index (χ3n) is 3.88. The summed E-state index contributed by atoms with van der Waals surface area (Å²) in [5.74, 6) is 0. The Bertz CT molecular complexity index is 647. The highest BCUT2D eigenvalue weighted by molar-refractivity contribution is 5.76. The third-order valence-corrected chi connectivity index (χ3v) is 3.88. The molecule has 1 aliphatic rings. The Kier molecular flexibility index (Phi) is 3.75. The lowest BCUT2D eigenvalue weighted by atomic mass is 10.1. The molecule has 1 saturated heterocycles. The van der Waals surface area contributed by atoms with Crippen molar-refractivity contribution in [2.24, 2.45) is 0 Å². The highest BCUT2D eigenvalue weighted by Crippen LogP contribution is 2.09. The van der Waals surface area contributed by atoms with Gasteiger partial charge in [0.15, 0.2) is 0 Å². The van der Waals surface area contributed by atoms with Crippen LogP contribution in [0.4, 0.5) is 0 Å². The summed E-state index contributed by atoms with van der Waals surface area (Å²) in [5.41, 5.74) is 0.571. The summed E-state index contributed by atoms with van der Waals surface area (Å²) in [6.07, 6.45) is 2.33. The van der Waals surface area contributed by atoms with Gasteiger partial charge in [-0.15, -0.1) is 5.10 Å². The van der Waals surface area contributed by atoms with Crippen LogP contribution in [-0.2, 0) is 6.67 Å². The number of rotatable bonds is 3. The van der Waals surface area contributed by atoms with Crippen molar-refractivity contribution < 1.29 is 0 Å². The number of nitrogens with zero attached hydrogens (tertiary/aromatic N) is 4. The standard InChI is InChI=1S/C14H19N5O/c1-18(11-5-4-8-15-9-11)10-19-14(20)12-6-2-3-7-13(12)16-17-19/h2-3,6-7,11,15H,4-5,8-10H2,1H3. The van der Waals surface area contributed by atoms with E-state index in [-0.39, 0.29) is 5.56 Å². The smallest absolute Gasteiger partial charge is 0.278 e. The number of hydrogen-bond donors (Lipinski definition) is 1. The average Bonchev–Trinajstić information content (AvgIpc) is 2.51. The highest BCUT2D eigenvalue weighted by atomic mass is 16.1. The Labute approximate surface area is 117 Å². The zero-order chi connectivity index (χ0) is 13.9. The average molecular weight is 273 g/mol. The molecule has 0 aliphatic carbocycles. The van der Waals surface area contributed by atoms with E-state index < -0.39 is 0 Å². The van der Waals surface area contributed by atoms with Gasteiger partial charge in [-0.25, -0.2) is 0 Å². The van der Waals surface area contributed by atoms with Crippen LogP contribution >= 0.6 is 0 Å². The summed E-state index contributed by atoms with van der Waals surface area (Å²) < 4.78 is 1.44. The van der Waals surface area contributed by atoms with Crippen molar-refractivity contribution in [2.75, 3.05) is 20.1 Å². The van der Waals surface area contributed by atoms with E-state index in [1.807, 2.05) is 25.2 Å². The van der Waals surface area contributed by atoms with E-state index in [1.165, 1.54) is 11.1 Å². The van der Waals surface area contributed by atoms with Gasteiger partial charge in [-0.1, -0.05) is 17.3 Å². The first-order valence-corrected chi connectivity index (χ1v) is 6.99. The molecule has 106 valence electrons. The summed E-state index contributed by atoms with van der Waals surface area (Å²) >= 11 is 0. The lowest BCUT2D eigenvalue weighted by Crippen LogP contribution is -2.46. The maximum absolute atomic E-state index is 12.4. The van der Waals surface area contributed by atoms with Crippen molar-refractivity contribution in [3.05, 3.63) is 34.6 Å². The molecule has 1 aromatic carbocycles. The van der Waals surface area contributed by atoms with Gasteiger partial charge in [0.1, 0.15) is 5.52 Å². The van der Waals surface area contributed by atoms with Crippen LogP contribution in [0.15, 0.2) is 29.1 Å². The minimum atomic E-state index is -0.0776. The van der Waals surface area contributed by atoms with Crippen molar-refractivity contribution in [3.8, 4) is 0 Å². The molecule has 0 bridgehead atoms. The molecular formula is C14H19N5O. The van der Waals surface area contributed by atoms with E-state index in [1.54, 1.807) is 6.07 Å². The molecule has 1 aromatic heterocycles. The van der Waals surface area contributed by atoms with Gasteiger partial charge in [0, 0.05) is 12.6 Å². The molecule has 1 N–H and O–H groups in total. The molecule has 1 unspecified atom stereocenters. The topological polar surface area (TPSA) is 63.1 Å². The van der Waals surface area contributed by atoms with Crippen molar-refractivity contribution in [1.29, 1.82) is 0 Å². The van der Waals surface area contributed by atoms with Crippen LogP contribution in [0.2, 0.25) is 0 Å². The summed E-state index contributed by atoms with van der Waals surface area (Å²) in [6, 6.07) is 7.77. The number of aromatic nitrogens is 3. The van der Waals surface area contributed by atoms with Gasteiger partial charge in [0.05, 0.1) is 12.1 Å². The molecule has 3 rings (SSSR count). The monoisotopic (exact) mass is 273 g/mol. The first-order chi connectivity index (χ1) is 9.75. The molecule has 6 heteroatoms. The number of piperidine rings is 1. The van der Waals surface area contributed by atoms with Crippen LogP contribution in [0, 0.1) is 0 Å². The van der Waals surface area contributed by atoms with Gasteiger partial charge in [-0.05, 0) is 38.6 Å². The zero-order valence-corrected chi connectivity index (χ0v) is 11.6. The predicted octanol–water partition coefficient (Wildman–Crippen LogP) is 0.433. The lowest BCUT2D eigenvalue weighted by molar-refractivity contribution is 0.151. The van der Waals surface area contributed by atoms with E-state index in [0.29, 0.717) is 23.6 Å². The van der Waals surface area contributed by atoms with Crippen molar-refractivity contribution in [2.45, 2.75) is 25.6 Å². The maximum Gasteiger partial charge on any atom is 0.278 e. The molecule has 20 heavy (non-hydrogen) atoms. The Morgan fingerprint density at radius 3 is 3.10 bits per heavy atom. The Morgan fingerprint density at radius 1 is 1.45 bits per heavy atom. The molecule has 0 saturated carbocycles. The van der Waals surface area contributed by atoms with Gasteiger partial charge in [-0.3, -0.25) is 9.69 Å². The second kappa shape index (κ2) is 5.68. The van der Waals surface area contributed by atoms with Gasteiger partial charge < -0.3 is 5.32 Å². The molecular weight excluding hydrogens is 254 g/mol. The van der Waals surface area contributed by atoms with Crippen LogP contribution < -0.4 is 10.9 Å². The van der Waals surface area contributed by atoms with Crippen molar-refractivity contribution in [1.82, 2.24) is 25.2 Å². The zero-order valence-electron chi connectivity index (χ0n) is 11.6. The maximum atomic E-state index is 12.4. The van der Waals surface area contributed by atoms with Gasteiger partial charge in [-0.2, -0.15) is 4.68 Å². The first-order valence-electron chi connectivity index (χ1n) is 6.99. The number of hydrogen-bond acceptors (Lipinski definition) is 5. The summed E-state index contributed by atoms with van der Waals surface area (Å²) in [5, 5.41) is 12.1. The van der Waals surface area contributed by atoms with Crippen LogP contribution in [0.3, 0.4) is 0 Å². The van der Waals surface area contributed by atoms with Gasteiger partial charge >= 0.3 is 0 Å². The molecule has 2 aromatic rings. The van der Waals surface area contributed by atoms with E-state index in [2.05, 4.69) is 20.5 Å². The van der Waals surface area contributed by atoms with Gasteiger partial charge in [0.25, 0.3) is 5.56 Å². The number of nitrogens with one attached hydrogen (secondary N) is 1. The molecule has 1 aliphatic heterocycles. The molecule has 0 spiro atoms. The van der Waals surface area contributed by atoms with Crippen LogP contribution in [0.1, 0.15) is 12.8 Å². The second-order valence-corrected chi connectivity index (χ2v) is 5.31. The van der Waals surface area contributed by atoms with E-state index in [9.17, 15) is 4.79 Å². The SMILES string of the molecule is CN(Cn1nnc2ccccc2c1=O)C1CCCNC1. The molecule has 2 heterocycles. The second-order valence-electron chi connectivity index (χ2n) is 5.31. The number of likely N-dealkylation sites (N-methyl/N-ethyl adjacent to an activating group) is 1. The Hall–Kier alpha value is -1.79. The fourth-order valence-corrected chi connectivity index (χ4v) is 2.65. The minimum Gasteiger partial charge on any atom is -0.315 e. The van der Waals surface area contributed by atoms with Crippen LogP contribution in [0.5, 0.6) is 0 Å². The van der Waals surface area contributed by atoms with Crippen LogP contribution in [-0.4, -0.2) is 46.1 Å². The minimum absolute atomic E-state index is 0.0776. The van der Waals surface area contributed by atoms with Gasteiger partial charge in [0.2, 0.25) is 0 Å². The van der Waals surface area contributed by atoms with Crippen molar-refractivity contribution in [3.63, 3.8) is 0 Å².